The van der Waals surface area contributed by atoms with E-state index in [-0.39, 0.29) is 18.3 Å². The van der Waals surface area contributed by atoms with E-state index in [9.17, 15) is 4.79 Å². The van der Waals surface area contributed by atoms with Gasteiger partial charge in [0.25, 0.3) is 0 Å². The Balaban J connectivity index is 0.00000200. The van der Waals surface area contributed by atoms with Crippen LogP contribution in [0.15, 0.2) is 24.3 Å². The summed E-state index contributed by atoms with van der Waals surface area (Å²) in [7, 11) is 0. The molecule has 1 aliphatic rings. The fraction of sp³-hybridized carbons (Fsp3) is 0.500. The molecule has 0 aromatic heterocycles. The fourth-order valence-corrected chi connectivity index (χ4v) is 2.38. The van der Waals surface area contributed by atoms with Crippen molar-refractivity contribution in [3.05, 3.63) is 34.9 Å². The van der Waals surface area contributed by atoms with E-state index in [1.165, 1.54) is 0 Å². The van der Waals surface area contributed by atoms with Crippen LogP contribution in [0.5, 0.6) is 0 Å². The maximum absolute atomic E-state index is 12.1. The summed E-state index contributed by atoms with van der Waals surface area (Å²) in [5.41, 5.74) is 6.34. The predicted octanol–water partition coefficient (Wildman–Crippen LogP) is 1.93. The van der Waals surface area contributed by atoms with E-state index in [2.05, 4.69) is 5.32 Å². The number of carbonyl (C=O) groups is 1. The van der Waals surface area contributed by atoms with Crippen LogP contribution >= 0.6 is 24.0 Å². The second-order valence-electron chi connectivity index (χ2n) is 4.87. The molecule has 2 rings (SSSR count). The largest absolute Gasteiger partial charge is 0.381 e. The Morgan fingerprint density at radius 2 is 2.00 bits per heavy atom. The van der Waals surface area contributed by atoms with Gasteiger partial charge in [0.2, 0.25) is 5.91 Å². The number of amides is 1. The van der Waals surface area contributed by atoms with Crippen molar-refractivity contribution >= 4 is 29.9 Å². The van der Waals surface area contributed by atoms with Crippen LogP contribution in [0.25, 0.3) is 0 Å². The van der Waals surface area contributed by atoms with Crippen LogP contribution in [0.1, 0.15) is 18.4 Å². The maximum atomic E-state index is 12.1. The minimum absolute atomic E-state index is 0. The monoisotopic (exact) mass is 318 g/mol. The normalized spacial score (nSPS) is 17.1. The van der Waals surface area contributed by atoms with Gasteiger partial charge in [-0.15, -0.1) is 12.4 Å². The highest BCUT2D eigenvalue weighted by atomic mass is 35.5. The Morgan fingerprint density at radius 1 is 1.35 bits per heavy atom. The standard InChI is InChI=1S/C14H19ClN2O2.ClH/c15-12-4-2-1-3-11(12)5-8-17-13(18)14(16)6-9-19-10-7-14;/h1-4H,5-10,16H2,(H,17,18);1H. The molecule has 20 heavy (non-hydrogen) atoms. The van der Waals surface area contributed by atoms with E-state index >= 15 is 0 Å². The molecule has 0 bridgehead atoms. The van der Waals surface area contributed by atoms with Crippen molar-refractivity contribution in [3.63, 3.8) is 0 Å². The highest BCUT2D eigenvalue weighted by Crippen LogP contribution is 2.18. The van der Waals surface area contributed by atoms with Gasteiger partial charge in [0.05, 0.1) is 5.54 Å². The molecule has 0 aliphatic carbocycles. The van der Waals surface area contributed by atoms with E-state index in [0.717, 1.165) is 10.6 Å². The summed E-state index contributed by atoms with van der Waals surface area (Å²) in [6.07, 6.45) is 1.86. The van der Waals surface area contributed by atoms with Crippen molar-refractivity contribution in [1.29, 1.82) is 0 Å². The molecule has 0 spiro atoms. The molecule has 1 aromatic rings. The lowest BCUT2D eigenvalue weighted by Crippen LogP contribution is -2.57. The minimum Gasteiger partial charge on any atom is -0.381 e. The molecular formula is C14H20Cl2N2O2. The third kappa shape index (κ3) is 4.35. The van der Waals surface area contributed by atoms with Crippen LogP contribution in [0.3, 0.4) is 0 Å². The lowest BCUT2D eigenvalue weighted by atomic mass is 9.90. The highest BCUT2D eigenvalue weighted by molar-refractivity contribution is 6.31. The Morgan fingerprint density at radius 3 is 2.65 bits per heavy atom. The molecule has 3 N–H and O–H groups in total. The van der Waals surface area contributed by atoms with Crippen LogP contribution < -0.4 is 11.1 Å². The van der Waals surface area contributed by atoms with E-state index in [1.54, 1.807) is 0 Å². The lowest BCUT2D eigenvalue weighted by Gasteiger charge is -2.31. The molecular weight excluding hydrogens is 299 g/mol. The molecule has 1 fully saturated rings. The van der Waals surface area contributed by atoms with Crippen molar-refractivity contribution in [2.24, 2.45) is 5.73 Å². The molecule has 1 aliphatic heterocycles. The third-order valence-corrected chi connectivity index (χ3v) is 3.84. The Bertz CT molecular complexity index is 449. The Labute approximate surface area is 130 Å². The van der Waals surface area contributed by atoms with Crippen molar-refractivity contribution in [2.75, 3.05) is 19.8 Å². The van der Waals surface area contributed by atoms with E-state index < -0.39 is 5.54 Å². The first-order valence-corrected chi connectivity index (χ1v) is 6.88. The van der Waals surface area contributed by atoms with Crippen LogP contribution in [-0.2, 0) is 16.0 Å². The van der Waals surface area contributed by atoms with Gasteiger partial charge in [0, 0.05) is 24.8 Å². The zero-order chi connectivity index (χ0) is 13.7. The van der Waals surface area contributed by atoms with E-state index in [0.29, 0.717) is 39.0 Å². The van der Waals surface area contributed by atoms with Gasteiger partial charge in [0.1, 0.15) is 0 Å². The average Bonchev–Trinajstić information content (AvgIpc) is 2.41. The smallest absolute Gasteiger partial charge is 0.240 e. The van der Waals surface area contributed by atoms with Gasteiger partial charge >= 0.3 is 0 Å². The maximum Gasteiger partial charge on any atom is 0.240 e. The molecule has 4 nitrogen and oxygen atoms in total. The molecule has 1 heterocycles. The third-order valence-electron chi connectivity index (χ3n) is 3.47. The molecule has 0 unspecified atom stereocenters. The van der Waals surface area contributed by atoms with Gasteiger partial charge < -0.3 is 15.8 Å². The molecule has 112 valence electrons. The summed E-state index contributed by atoms with van der Waals surface area (Å²) in [6.45, 7) is 1.64. The summed E-state index contributed by atoms with van der Waals surface area (Å²) in [5.74, 6) is -0.0946. The summed E-state index contributed by atoms with van der Waals surface area (Å²) in [6, 6.07) is 7.63. The highest BCUT2D eigenvalue weighted by Gasteiger charge is 2.35. The molecule has 0 atom stereocenters. The van der Waals surface area contributed by atoms with Crippen molar-refractivity contribution in [1.82, 2.24) is 5.32 Å². The Hall–Kier alpha value is -0.810. The topological polar surface area (TPSA) is 64.4 Å². The van der Waals surface area contributed by atoms with Crippen molar-refractivity contribution in [3.8, 4) is 0 Å². The van der Waals surface area contributed by atoms with Crippen molar-refractivity contribution < 1.29 is 9.53 Å². The number of carbonyl (C=O) groups excluding carboxylic acids is 1. The molecule has 0 radical (unpaired) electrons. The average molecular weight is 319 g/mol. The number of hydrogen-bond acceptors (Lipinski definition) is 3. The second kappa shape index (κ2) is 7.84. The molecule has 1 aromatic carbocycles. The second-order valence-corrected chi connectivity index (χ2v) is 5.27. The lowest BCUT2D eigenvalue weighted by molar-refractivity contribution is -0.129. The van der Waals surface area contributed by atoms with Gasteiger partial charge in [-0.3, -0.25) is 4.79 Å². The first-order chi connectivity index (χ1) is 9.12. The zero-order valence-electron chi connectivity index (χ0n) is 11.2. The van der Waals surface area contributed by atoms with E-state index in [1.807, 2.05) is 24.3 Å². The SMILES string of the molecule is Cl.NC1(C(=O)NCCc2ccccc2Cl)CCOCC1. The number of nitrogens with two attached hydrogens (primary N) is 1. The van der Waals surface area contributed by atoms with Gasteiger partial charge in [-0.05, 0) is 30.9 Å². The van der Waals surface area contributed by atoms with Gasteiger partial charge in [-0.2, -0.15) is 0 Å². The van der Waals surface area contributed by atoms with Gasteiger partial charge in [-0.1, -0.05) is 29.8 Å². The first-order valence-electron chi connectivity index (χ1n) is 6.50. The van der Waals surface area contributed by atoms with Gasteiger partial charge in [0.15, 0.2) is 0 Å². The van der Waals surface area contributed by atoms with Crippen LogP contribution in [0, 0.1) is 0 Å². The van der Waals surface area contributed by atoms with E-state index in [4.69, 9.17) is 22.1 Å². The Kier molecular flexibility index (Phi) is 6.76. The number of rotatable bonds is 4. The zero-order valence-corrected chi connectivity index (χ0v) is 12.8. The van der Waals surface area contributed by atoms with Crippen LogP contribution in [0.2, 0.25) is 5.02 Å². The number of hydrogen-bond donors (Lipinski definition) is 2. The quantitative estimate of drug-likeness (QED) is 0.891. The summed E-state index contributed by atoms with van der Waals surface area (Å²) in [4.78, 5) is 12.1. The molecule has 6 heteroatoms. The predicted molar refractivity (Wildman–Crippen MR) is 82.4 cm³/mol. The number of benzene rings is 1. The van der Waals surface area contributed by atoms with Crippen LogP contribution in [0.4, 0.5) is 0 Å². The summed E-state index contributed by atoms with van der Waals surface area (Å²) < 4.78 is 5.23. The first kappa shape index (κ1) is 17.2. The van der Waals surface area contributed by atoms with Crippen molar-refractivity contribution in [2.45, 2.75) is 24.8 Å². The summed E-state index contributed by atoms with van der Waals surface area (Å²) >= 11 is 6.06. The van der Waals surface area contributed by atoms with Gasteiger partial charge in [-0.25, -0.2) is 0 Å². The minimum atomic E-state index is -0.779. The number of ether oxygens (including phenoxy) is 1. The molecule has 1 saturated heterocycles. The summed E-state index contributed by atoms with van der Waals surface area (Å²) in [5, 5.41) is 3.62. The van der Waals surface area contributed by atoms with Crippen LogP contribution in [-0.4, -0.2) is 31.2 Å². The fourth-order valence-electron chi connectivity index (χ4n) is 2.15. The number of nitrogens with one attached hydrogen (secondary N) is 1. The molecule has 0 saturated carbocycles. The number of halogens is 2. The molecule has 1 amide bonds.